The minimum absolute atomic E-state index is 0.311. The van der Waals surface area contributed by atoms with E-state index < -0.39 is 0 Å². The zero-order valence-electron chi connectivity index (χ0n) is 20.4. The lowest BCUT2D eigenvalue weighted by atomic mass is 9.89. The van der Waals surface area contributed by atoms with E-state index in [-0.39, 0.29) is 0 Å². The van der Waals surface area contributed by atoms with Gasteiger partial charge in [-0.2, -0.15) is 0 Å². The predicted molar refractivity (Wildman–Crippen MR) is 139 cm³/mol. The average molecular weight is 446 g/mol. The van der Waals surface area contributed by atoms with Crippen molar-refractivity contribution in [2.45, 2.75) is 65.2 Å². The number of unbranched alkanes of at least 4 members (excludes halogenated alkanes) is 3. The van der Waals surface area contributed by atoms with Crippen molar-refractivity contribution in [2.24, 2.45) is 0 Å². The van der Waals surface area contributed by atoms with Gasteiger partial charge in [-0.1, -0.05) is 62.4 Å². The molecule has 0 aromatic heterocycles. The van der Waals surface area contributed by atoms with Crippen LogP contribution in [0.25, 0.3) is 21.9 Å². The van der Waals surface area contributed by atoms with Gasteiger partial charge in [-0.05, 0) is 91.9 Å². The summed E-state index contributed by atoms with van der Waals surface area (Å²) in [6.45, 7) is 8.50. The number of aryl methyl sites for hydroxylation is 2. The lowest BCUT2D eigenvalue weighted by molar-refractivity contribution is 0.183. The quantitative estimate of drug-likeness (QED) is 0.328. The molecule has 3 aromatic rings. The van der Waals surface area contributed by atoms with Crippen molar-refractivity contribution < 1.29 is 9.84 Å². The van der Waals surface area contributed by atoms with Crippen LogP contribution in [0.2, 0.25) is 0 Å². The van der Waals surface area contributed by atoms with E-state index in [1.807, 2.05) is 6.07 Å². The fourth-order valence-electron chi connectivity index (χ4n) is 5.06. The van der Waals surface area contributed by atoms with Crippen molar-refractivity contribution in [1.29, 1.82) is 0 Å². The maximum atomic E-state index is 10.1. The first-order chi connectivity index (χ1) is 16.2. The molecule has 1 aliphatic heterocycles. The summed E-state index contributed by atoms with van der Waals surface area (Å²) in [6, 6.07) is 16.7. The molecule has 0 aliphatic carbocycles. The lowest BCUT2D eigenvalue weighted by Gasteiger charge is -2.26. The molecule has 0 amide bonds. The summed E-state index contributed by atoms with van der Waals surface area (Å²) < 4.78 is 6.43. The molecule has 0 spiro atoms. The second kappa shape index (κ2) is 11.6. The number of piperidine rings is 1. The van der Waals surface area contributed by atoms with Crippen molar-refractivity contribution in [3.8, 4) is 22.6 Å². The molecule has 1 saturated heterocycles. The molecule has 0 saturated carbocycles. The SMILES string of the molecule is CCCCCCc1ccc2cc(O)ccc2c1-c1cc(C)ccc1OCCN1CCCCC1. The van der Waals surface area contributed by atoms with Crippen LogP contribution < -0.4 is 4.74 Å². The lowest BCUT2D eigenvalue weighted by Crippen LogP contribution is -2.33. The van der Waals surface area contributed by atoms with Gasteiger partial charge in [-0.15, -0.1) is 0 Å². The largest absolute Gasteiger partial charge is 0.508 e. The van der Waals surface area contributed by atoms with Crippen LogP contribution in [0, 0.1) is 6.92 Å². The first-order valence-corrected chi connectivity index (χ1v) is 12.9. The Bertz CT molecular complexity index is 1050. The number of hydrogen-bond acceptors (Lipinski definition) is 3. The highest BCUT2D eigenvalue weighted by Crippen LogP contribution is 2.40. The molecule has 3 heteroatoms. The van der Waals surface area contributed by atoms with Crippen LogP contribution in [0.5, 0.6) is 11.5 Å². The Morgan fingerprint density at radius 2 is 1.76 bits per heavy atom. The van der Waals surface area contributed by atoms with Crippen LogP contribution in [-0.4, -0.2) is 36.2 Å². The summed E-state index contributed by atoms with van der Waals surface area (Å²) >= 11 is 0. The van der Waals surface area contributed by atoms with Gasteiger partial charge in [-0.3, -0.25) is 4.90 Å². The molecule has 0 atom stereocenters. The molecule has 4 rings (SSSR count). The number of fused-ring (bicyclic) bond motifs is 1. The maximum Gasteiger partial charge on any atom is 0.127 e. The van der Waals surface area contributed by atoms with Crippen LogP contribution in [0.3, 0.4) is 0 Å². The molecule has 0 unspecified atom stereocenters. The number of likely N-dealkylation sites (tertiary alicyclic amines) is 1. The van der Waals surface area contributed by atoms with Crippen molar-refractivity contribution in [3.63, 3.8) is 0 Å². The number of phenols is 1. The van der Waals surface area contributed by atoms with Crippen LogP contribution in [-0.2, 0) is 6.42 Å². The Morgan fingerprint density at radius 1 is 0.909 bits per heavy atom. The maximum absolute atomic E-state index is 10.1. The van der Waals surface area contributed by atoms with Crippen LogP contribution in [0.15, 0.2) is 48.5 Å². The second-order valence-electron chi connectivity index (χ2n) is 9.57. The zero-order valence-corrected chi connectivity index (χ0v) is 20.4. The normalized spacial score (nSPS) is 14.6. The highest BCUT2D eigenvalue weighted by atomic mass is 16.5. The molecular formula is C30H39NO2. The molecule has 1 fully saturated rings. The van der Waals surface area contributed by atoms with Crippen LogP contribution >= 0.6 is 0 Å². The Balaban J connectivity index is 1.67. The molecule has 33 heavy (non-hydrogen) atoms. The molecule has 0 radical (unpaired) electrons. The number of rotatable bonds is 10. The molecule has 0 bridgehead atoms. The third-order valence-electron chi connectivity index (χ3n) is 6.91. The number of ether oxygens (including phenoxy) is 1. The van der Waals surface area contributed by atoms with Gasteiger partial charge in [0.25, 0.3) is 0 Å². The van der Waals surface area contributed by atoms with E-state index in [9.17, 15) is 5.11 Å². The molecular weight excluding hydrogens is 406 g/mol. The topological polar surface area (TPSA) is 32.7 Å². The monoisotopic (exact) mass is 445 g/mol. The summed E-state index contributed by atoms with van der Waals surface area (Å²) in [4.78, 5) is 2.53. The highest BCUT2D eigenvalue weighted by Gasteiger charge is 2.16. The van der Waals surface area contributed by atoms with Gasteiger partial charge in [-0.25, -0.2) is 0 Å². The van der Waals surface area contributed by atoms with Gasteiger partial charge in [0, 0.05) is 12.1 Å². The van der Waals surface area contributed by atoms with E-state index in [4.69, 9.17) is 4.74 Å². The van der Waals surface area contributed by atoms with Gasteiger partial charge in [0.2, 0.25) is 0 Å². The smallest absolute Gasteiger partial charge is 0.127 e. The van der Waals surface area contributed by atoms with E-state index >= 15 is 0 Å². The first kappa shape index (κ1) is 23.6. The van der Waals surface area contributed by atoms with E-state index in [0.717, 1.165) is 24.1 Å². The first-order valence-electron chi connectivity index (χ1n) is 12.9. The van der Waals surface area contributed by atoms with E-state index in [2.05, 4.69) is 55.1 Å². The summed E-state index contributed by atoms with van der Waals surface area (Å²) in [6.07, 6.45) is 10.0. The molecule has 1 heterocycles. The fraction of sp³-hybridized carbons (Fsp3) is 0.467. The predicted octanol–water partition coefficient (Wildman–Crippen LogP) is 7.51. The van der Waals surface area contributed by atoms with Crippen LogP contribution in [0.1, 0.15) is 63.0 Å². The van der Waals surface area contributed by atoms with Gasteiger partial charge in [0.1, 0.15) is 18.1 Å². The van der Waals surface area contributed by atoms with Gasteiger partial charge in [0.05, 0.1) is 0 Å². The highest BCUT2D eigenvalue weighted by molar-refractivity contribution is 6.00. The van der Waals surface area contributed by atoms with Crippen molar-refractivity contribution in [3.05, 3.63) is 59.7 Å². The third-order valence-corrected chi connectivity index (χ3v) is 6.91. The van der Waals surface area contributed by atoms with E-state index in [0.29, 0.717) is 12.4 Å². The summed E-state index contributed by atoms with van der Waals surface area (Å²) in [7, 11) is 0. The van der Waals surface area contributed by atoms with Gasteiger partial charge >= 0.3 is 0 Å². The summed E-state index contributed by atoms with van der Waals surface area (Å²) in [5.41, 5.74) is 5.05. The molecule has 176 valence electrons. The average Bonchev–Trinajstić information content (AvgIpc) is 2.83. The molecule has 1 aliphatic rings. The molecule has 1 N–H and O–H groups in total. The summed E-state index contributed by atoms with van der Waals surface area (Å²) in [5, 5.41) is 12.3. The molecule has 3 aromatic carbocycles. The molecule has 3 nitrogen and oxygen atoms in total. The summed E-state index contributed by atoms with van der Waals surface area (Å²) in [5.74, 6) is 1.28. The zero-order chi connectivity index (χ0) is 23.0. The van der Waals surface area contributed by atoms with Crippen molar-refractivity contribution in [2.75, 3.05) is 26.2 Å². The van der Waals surface area contributed by atoms with Gasteiger partial charge < -0.3 is 9.84 Å². The minimum atomic E-state index is 0.311. The minimum Gasteiger partial charge on any atom is -0.508 e. The third kappa shape index (κ3) is 6.09. The number of hydrogen-bond donors (Lipinski definition) is 1. The number of phenolic OH excluding ortho intramolecular Hbond substituents is 1. The number of benzene rings is 3. The van der Waals surface area contributed by atoms with Crippen molar-refractivity contribution >= 4 is 10.8 Å². The number of nitrogens with zero attached hydrogens (tertiary/aromatic N) is 1. The second-order valence-corrected chi connectivity index (χ2v) is 9.57. The van der Waals surface area contributed by atoms with E-state index in [1.54, 1.807) is 6.07 Å². The van der Waals surface area contributed by atoms with Gasteiger partial charge in [0.15, 0.2) is 0 Å². The standard InChI is InChI=1S/C30H39NO2/c1-3-4-5-7-10-24-12-13-25-22-26(32)14-15-27(25)30(24)28-21-23(2)11-16-29(28)33-20-19-31-17-8-6-9-18-31/h11-16,21-22,32H,3-10,17-20H2,1-2H3. The van der Waals surface area contributed by atoms with E-state index in [1.165, 1.54) is 85.7 Å². The fourth-order valence-corrected chi connectivity index (χ4v) is 5.06. The Kier molecular flexibility index (Phi) is 8.28. The Labute approximate surface area is 199 Å². The Morgan fingerprint density at radius 3 is 2.58 bits per heavy atom. The van der Waals surface area contributed by atoms with Crippen LogP contribution in [0.4, 0.5) is 0 Å². The number of aromatic hydroxyl groups is 1. The Hall–Kier alpha value is -2.52. The van der Waals surface area contributed by atoms with Crippen molar-refractivity contribution in [1.82, 2.24) is 4.90 Å².